The number of aryl methyl sites for hydroxylation is 1. The zero-order valence-corrected chi connectivity index (χ0v) is 18.8. The van der Waals surface area contributed by atoms with Gasteiger partial charge in [-0.3, -0.25) is 4.79 Å². The maximum absolute atomic E-state index is 13.3. The van der Waals surface area contributed by atoms with Gasteiger partial charge in [-0.05, 0) is 42.8 Å². The molecule has 0 spiro atoms. The van der Waals surface area contributed by atoms with Crippen LogP contribution in [0.3, 0.4) is 0 Å². The van der Waals surface area contributed by atoms with Crippen LogP contribution in [-0.4, -0.2) is 23.8 Å². The van der Waals surface area contributed by atoms with Crippen LogP contribution in [0.15, 0.2) is 78.4 Å². The van der Waals surface area contributed by atoms with Crippen molar-refractivity contribution in [2.45, 2.75) is 13.5 Å². The third kappa shape index (κ3) is 4.59. The average molecular weight is 450 g/mol. The molecule has 3 aromatic carbocycles. The Labute approximate surface area is 197 Å². The third-order valence-corrected chi connectivity index (χ3v) is 5.47. The van der Waals surface area contributed by atoms with E-state index in [0.29, 0.717) is 28.1 Å². The van der Waals surface area contributed by atoms with E-state index in [1.54, 1.807) is 42.5 Å². The monoisotopic (exact) mass is 450 g/mol. The van der Waals surface area contributed by atoms with Gasteiger partial charge in [0.2, 0.25) is 5.78 Å². The lowest BCUT2D eigenvalue weighted by Gasteiger charge is -2.10. The molecule has 1 heterocycles. The van der Waals surface area contributed by atoms with Gasteiger partial charge in [-0.25, -0.2) is 4.79 Å². The lowest BCUT2D eigenvalue weighted by atomic mass is 9.99. The molecule has 0 aliphatic rings. The van der Waals surface area contributed by atoms with Crippen molar-refractivity contribution >= 4 is 28.7 Å². The summed E-state index contributed by atoms with van der Waals surface area (Å²) in [5.41, 5.74) is 4.02. The number of carbonyl (C=O) groups is 2. The lowest BCUT2D eigenvalue weighted by Crippen LogP contribution is -2.04. The molecule has 6 heteroatoms. The van der Waals surface area contributed by atoms with Crippen LogP contribution in [0.2, 0.25) is 0 Å². The summed E-state index contributed by atoms with van der Waals surface area (Å²) in [6.45, 7) is 2.08. The van der Waals surface area contributed by atoms with Crippen LogP contribution in [0.4, 0.5) is 0 Å². The minimum atomic E-state index is -0.401. The number of rotatable bonds is 7. The maximum Gasteiger partial charge on any atom is 0.337 e. The molecule has 0 saturated heterocycles. The van der Waals surface area contributed by atoms with E-state index in [1.807, 2.05) is 43.3 Å². The van der Waals surface area contributed by atoms with Gasteiger partial charge in [-0.15, -0.1) is 0 Å². The first-order valence-electron chi connectivity index (χ1n) is 10.6. The number of hydrogen-bond acceptors (Lipinski definition) is 5. The highest BCUT2D eigenvalue weighted by Gasteiger charge is 2.20. The molecule has 0 radical (unpaired) electrons. The Morgan fingerprint density at radius 3 is 2.44 bits per heavy atom. The van der Waals surface area contributed by atoms with E-state index in [4.69, 9.17) is 9.47 Å². The molecule has 4 aromatic rings. The molecule has 0 bridgehead atoms. The summed E-state index contributed by atoms with van der Waals surface area (Å²) >= 11 is 0. The topological polar surface area (TPSA) is 92.2 Å². The molecule has 0 aliphatic carbocycles. The van der Waals surface area contributed by atoms with E-state index >= 15 is 0 Å². The second-order valence-corrected chi connectivity index (χ2v) is 7.68. The van der Waals surface area contributed by atoms with Gasteiger partial charge in [-0.2, -0.15) is 5.26 Å². The number of aromatic nitrogens is 1. The summed E-state index contributed by atoms with van der Waals surface area (Å²) in [6.07, 6.45) is 1.55. The van der Waals surface area contributed by atoms with E-state index in [0.717, 1.165) is 16.5 Å². The molecule has 6 nitrogen and oxygen atoms in total. The first-order valence-corrected chi connectivity index (χ1v) is 10.6. The number of allylic oxidation sites excluding steroid dienone is 1. The Hall–Kier alpha value is -4.63. The van der Waals surface area contributed by atoms with Crippen LogP contribution in [0.1, 0.15) is 37.5 Å². The number of methoxy groups -OCH3 is 1. The van der Waals surface area contributed by atoms with Crippen molar-refractivity contribution in [3.8, 4) is 11.8 Å². The number of nitriles is 1. The number of carbonyl (C=O) groups excluding carboxylic acids is 2. The van der Waals surface area contributed by atoms with E-state index in [9.17, 15) is 14.9 Å². The number of H-pyrrole nitrogens is 1. The van der Waals surface area contributed by atoms with Crippen LogP contribution < -0.4 is 4.74 Å². The fraction of sp³-hybridized carbons (Fsp3) is 0.107. The third-order valence-electron chi connectivity index (χ3n) is 5.47. The van der Waals surface area contributed by atoms with Gasteiger partial charge in [-0.1, -0.05) is 48.5 Å². The Balaban J connectivity index is 1.59. The minimum Gasteiger partial charge on any atom is -0.488 e. The standard InChI is InChI=1S/C28H22N2O4/c1-18-26(23-8-4-5-9-24(23)30-18)27(31)22(16-29)15-21-7-3-6-10-25(21)34-17-19-11-13-20(14-12-19)28(32)33-2/h3-15,30H,17H2,1-2H3/b22-15+. The Morgan fingerprint density at radius 1 is 1.00 bits per heavy atom. The summed E-state index contributed by atoms with van der Waals surface area (Å²) in [5, 5.41) is 10.6. The molecule has 1 N–H and O–H groups in total. The number of ether oxygens (including phenoxy) is 2. The second-order valence-electron chi connectivity index (χ2n) is 7.68. The highest BCUT2D eigenvalue weighted by Crippen LogP contribution is 2.27. The number of para-hydroxylation sites is 2. The largest absolute Gasteiger partial charge is 0.488 e. The molecule has 0 fully saturated rings. The number of Topliss-reactive ketones (excluding diaryl/α,β-unsaturated/α-hetero) is 1. The predicted octanol–water partition coefficient (Wildman–Crippen LogP) is 5.63. The van der Waals surface area contributed by atoms with E-state index in [1.165, 1.54) is 7.11 Å². The van der Waals surface area contributed by atoms with E-state index in [-0.39, 0.29) is 18.0 Å². The molecule has 168 valence electrons. The molecule has 1 aromatic heterocycles. The van der Waals surface area contributed by atoms with Crippen molar-refractivity contribution in [3.05, 3.63) is 106 Å². The number of fused-ring (bicyclic) bond motifs is 1. The van der Waals surface area contributed by atoms with Crippen molar-refractivity contribution in [1.82, 2.24) is 4.98 Å². The van der Waals surface area contributed by atoms with Gasteiger partial charge in [0, 0.05) is 22.2 Å². The summed E-state index contributed by atoms with van der Waals surface area (Å²) in [5.74, 6) is -0.205. The van der Waals surface area contributed by atoms with Crippen LogP contribution in [-0.2, 0) is 11.3 Å². The van der Waals surface area contributed by atoms with E-state index < -0.39 is 5.97 Å². The van der Waals surface area contributed by atoms with Gasteiger partial charge in [0.15, 0.2) is 0 Å². The molecule has 0 unspecified atom stereocenters. The molecular formula is C28H22N2O4. The van der Waals surface area contributed by atoms with Crippen molar-refractivity contribution in [3.63, 3.8) is 0 Å². The van der Waals surface area contributed by atoms with Crippen molar-refractivity contribution in [1.29, 1.82) is 5.26 Å². The van der Waals surface area contributed by atoms with Crippen molar-refractivity contribution in [2.24, 2.45) is 0 Å². The van der Waals surface area contributed by atoms with Crippen LogP contribution in [0.5, 0.6) is 5.75 Å². The summed E-state index contributed by atoms with van der Waals surface area (Å²) < 4.78 is 10.7. The Morgan fingerprint density at radius 2 is 1.71 bits per heavy atom. The highest BCUT2D eigenvalue weighted by atomic mass is 16.5. The second kappa shape index (κ2) is 9.88. The molecule has 0 saturated carbocycles. The quantitative estimate of drug-likeness (QED) is 0.170. The van der Waals surface area contributed by atoms with Gasteiger partial charge >= 0.3 is 5.97 Å². The molecule has 0 amide bonds. The van der Waals surface area contributed by atoms with Crippen molar-refractivity contribution < 1.29 is 19.1 Å². The first kappa shape index (κ1) is 22.6. The van der Waals surface area contributed by atoms with Crippen molar-refractivity contribution in [2.75, 3.05) is 7.11 Å². The highest BCUT2D eigenvalue weighted by molar-refractivity contribution is 6.20. The number of ketones is 1. The summed E-state index contributed by atoms with van der Waals surface area (Å²) in [6, 6.07) is 23.7. The fourth-order valence-electron chi connectivity index (χ4n) is 3.76. The van der Waals surface area contributed by atoms with E-state index in [2.05, 4.69) is 11.1 Å². The average Bonchev–Trinajstić information content (AvgIpc) is 3.21. The smallest absolute Gasteiger partial charge is 0.337 e. The molecule has 0 aliphatic heterocycles. The number of aromatic amines is 1. The van der Waals surface area contributed by atoms with Gasteiger partial charge in [0.25, 0.3) is 0 Å². The summed E-state index contributed by atoms with van der Waals surface area (Å²) in [7, 11) is 1.34. The normalized spacial score (nSPS) is 11.1. The minimum absolute atomic E-state index is 0.0198. The fourth-order valence-corrected chi connectivity index (χ4v) is 3.76. The number of hydrogen-bond donors (Lipinski definition) is 1. The first-order chi connectivity index (χ1) is 16.5. The number of benzene rings is 3. The number of nitrogens with one attached hydrogen (secondary N) is 1. The summed E-state index contributed by atoms with van der Waals surface area (Å²) in [4.78, 5) is 28.1. The van der Waals surface area contributed by atoms with Crippen LogP contribution in [0.25, 0.3) is 17.0 Å². The zero-order valence-electron chi connectivity index (χ0n) is 18.8. The van der Waals surface area contributed by atoms with Gasteiger partial charge in [0.1, 0.15) is 24.0 Å². The molecule has 34 heavy (non-hydrogen) atoms. The lowest BCUT2D eigenvalue weighted by molar-refractivity contribution is 0.0600. The maximum atomic E-state index is 13.3. The zero-order chi connectivity index (χ0) is 24.1. The number of nitrogens with zero attached hydrogens (tertiary/aromatic N) is 1. The SMILES string of the molecule is COC(=O)c1ccc(COc2ccccc2/C=C(\C#N)C(=O)c2c(C)[nH]c3ccccc23)cc1. The molecular weight excluding hydrogens is 428 g/mol. The number of esters is 1. The van der Waals surface area contributed by atoms with Gasteiger partial charge in [0.05, 0.1) is 18.2 Å². The van der Waals surface area contributed by atoms with Gasteiger partial charge < -0.3 is 14.5 Å². The predicted molar refractivity (Wildman–Crippen MR) is 130 cm³/mol. The Bertz CT molecular complexity index is 1440. The van der Waals surface area contributed by atoms with Crippen LogP contribution in [0, 0.1) is 18.3 Å². The Kier molecular flexibility index (Phi) is 6.56. The molecule has 4 rings (SSSR count). The molecule has 0 atom stereocenters. The van der Waals surface area contributed by atoms with Crippen LogP contribution >= 0.6 is 0 Å².